The number of pyridine rings is 1. The lowest BCUT2D eigenvalue weighted by atomic mass is 10.1. The van der Waals surface area contributed by atoms with Crippen LogP contribution in [0, 0.1) is 6.92 Å². The number of aryl methyl sites for hydroxylation is 1. The largest absolute Gasteiger partial charge is 0.496 e. The lowest BCUT2D eigenvalue weighted by Crippen LogP contribution is -1.97. The third-order valence-electron chi connectivity index (χ3n) is 4.01. The summed E-state index contributed by atoms with van der Waals surface area (Å²) in [5, 5.41) is 7.43. The van der Waals surface area contributed by atoms with Gasteiger partial charge in [-0.25, -0.2) is 9.97 Å². The van der Waals surface area contributed by atoms with E-state index in [0.717, 1.165) is 44.3 Å². The number of benzene rings is 1. The highest BCUT2D eigenvalue weighted by Gasteiger charge is 2.14. The van der Waals surface area contributed by atoms with Gasteiger partial charge in [-0.3, -0.25) is 0 Å². The van der Waals surface area contributed by atoms with E-state index in [-0.39, 0.29) is 0 Å². The van der Waals surface area contributed by atoms with Crippen LogP contribution in [0.4, 0.5) is 5.69 Å². The zero-order valence-corrected chi connectivity index (χ0v) is 14.9. The van der Waals surface area contributed by atoms with Crippen molar-refractivity contribution in [1.29, 1.82) is 0 Å². The molecule has 0 saturated heterocycles. The van der Waals surface area contributed by atoms with E-state index < -0.39 is 0 Å². The molecule has 0 aliphatic rings. The van der Waals surface area contributed by atoms with Gasteiger partial charge in [-0.1, -0.05) is 13.8 Å². The number of ether oxygens (including phenoxy) is 1. The fourth-order valence-corrected chi connectivity index (χ4v) is 3.56. The van der Waals surface area contributed by atoms with E-state index in [9.17, 15) is 0 Å². The fourth-order valence-electron chi connectivity index (χ4n) is 2.62. The van der Waals surface area contributed by atoms with Gasteiger partial charge in [0.15, 0.2) is 0 Å². The summed E-state index contributed by atoms with van der Waals surface area (Å²) >= 11 is 1.64. The first kappa shape index (κ1) is 15.7. The third-order valence-corrected chi connectivity index (χ3v) is 4.89. The SMILES string of the molecule is CNc1cc(-c2nc(C(C)C)cs2)nc2c(C)c(OC)ccc12. The van der Waals surface area contributed by atoms with Crippen LogP contribution in [0.2, 0.25) is 0 Å². The Morgan fingerprint density at radius 1 is 1.22 bits per heavy atom. The number of fused-ring (bicyclic) bond motifs is 1. The van der Waals surface area contributed by atoms with E-state index in [1.54, 1.807) is 18.4 Å². The molecule has 2 heterocycles. The van der Waals surface area contributed by atoms with Gasteiger partial charge in [-0.15, -0.1) is 11.3 Å². The Morgan fingerprint density at radius 2 is 2.00 bits per heavy atom. The number of hydrogen-bond acceptors (Lipinski definition) is 5. The van der Waals surface area contributed by atoms with Crippen LogP contribution >= 0.6 is 11.3 Å². The molecule has 0 aliphatic heterocycles. The molecule has 0 unspecified atom stereocenters. The molecule has 0 radical (unpaired) electrons. The van der Waals surface area contributed by atoms with Crippen molar-refractivity contribution < 1.29 is 4.74 Å². The Kier molecular flexibility index (Phi) is 4.22. The van der Waals surface area contributed by atoms with Gasteiger partial charge in [0.25, 0.3) is 0 Å². The summed E-state index contributed by atoms with van der Waals surface area (Å²) < 4.78 is 5.43. The average Bonchev–Trinajstić information content (AvgIpc) is 3.05. The van der Waals surface area contributed by atoms with Gasteiger partial charge >= 0.3 is 0 Å². The normalized spacial score (nSPS) is 11.2. The second kappa shape index (κ2) is 6.16. The van der Waals surface area contributed by atoms with Crippen molar-refractivity contribution in [3.8, 4) is 16.5 Å². The van der Waals surface area contributed by atoms with E-state index >= 15 is 0 Å². The Labute approximate surface area is 140 Å². The fraction of sp³-hybridized carbons (Fsp3) is 0.333. The Hall–Kier alpha value is -2.14. The molecular weight excluding hydrogens is 306 g/mol. The van der Waals surface area contributed by atoms with Crippen LogP contribution in [0.3, 0.4) is 0 Å². The second-order valence-corrected chi connectivity index (χ2v) is 6.68. The maximum Gasteiger partial charge on any atom is 0.142 e. The van der Waals surface area contributed by atoms with Gasteiger partial charge in [-0.2, -0.15) is 0 Å². The summed E-state index contributed by atoms with van der Waals surface area (Å²) in [6.07, 6.45) is 0. The molecule has 1 N–H and O–H groups in total. The standard InChI is InChI=1S/C18H21N3OS/c1-10(2)15-9-23-18(21-15)14-8-13(19-4)12-6-7-16(22-5)11(3)17(12)20-14/h6-10H,1-5H3,(H,19,20). The minimum atomic E-state index is 0.422. The molecule has 2 aromatic heterocycles. The predicted octanol–water partition coefficient (Wildman–Crippen LogP) is 4.84. The highest BCUT2D eigenvalue weighted by Crippen LogP contribution is 2.34. The van der Waals surface area contributed by atoms with Gasteiger partial charge in [0, 0.05) is 29.1 Å². The van der Waals surface area contributed by atoms with Crippen molar-refractivity contribution in [3.63, 3.8) is 0 Å². The van der Waals surface area contributed by atoms with Gasteiger partial charge in [0.1, 0.15) is 16.5 Å². The van der Waals surface area contributed by atoms with Crippen molar-refractivity contribution in [2.75, 3.05) is 19.5 Å². The molecule has 0 amide bonds. The maximum absolute atomic E-state index is 5.43. The smallest absolute Gasteiger partial charge is 0.142 e. The molecule has 0 bridgehead atoms. The number of hydrogen-bond donors (Lipinski definition) is 1. The van der Waals surface area contributed by atoms with Crippen LogP contribution in [0.1, 0.15) is 31.0 Å². The molecule has 0 atom stereocenters. The summed E-state index contributed by atoms with van der Waals surface area (Å²) in [4.78, 5) is 9.59. The van der Waals surface area contributed by atoms with Crippen LogP contribution in [0.15, 0.2) is 23.6 Å². The van der Waals surface area contributed by atoms with Crippen molar-refractivity contribution in [3.05, 3.63) is 34.8 Å². The highest BCUT2D eigenvalue weighted by atomic mass is 32.1. The minimum absolute atomic E-state index is 0.422. The Morgan fingerprint density at radius 3 is 2.61 bits per heavy atom. The van der Waals surface area contributed by atoms with Crippen molar-refractivity contribution in [2.45, 2.75) is 26.7 Å². The van der Waals surface area contributed by atoms with E-state index in [4.69, 9.17) is 14.7 Å². The van der Waals surface area contributed by atoms with Crippen LogP contribution in [-0.4, -0.2) is 24.1 Å². The maximum atomic E-state index is 5.43. The van der Waals surface area contributed by atoms with Crippen molar-refractivity contribution in [1.82, 2.24) is 9.97 Å². The monoisotopic (exact) mass is 327 g/mol. The van der Waals surface area contributed by atoms with Gasteiger partial charge in [-0.05, 0) is 31.0 Å². The van der Waals surface area contributed by atoms with Crippen LogP contribution in [-0.2, 0) is 0 Å². The van der Waals surface area contributed by atoms with Gasteiger partial charge < -0.3 is 10.1 Å². The first-order valence-corrected chi connectivity index (χ1v) is 8.55. The van der Waals surface area contributed by atoms with Crippen LogP contribution in [0.25, 0.3) is 21.6 Å². The first-order chi connectivity index (χ1) is 11.0. The van der Waals surface area contributed by atoms with Gasteiger partial charge in [0.2, 0.25) is 0 Å². The third kappa shape index (κ3) is 2.77. The molecule has 5 heteroatoms. The number of nitrogens with one attached hydrogen (secondary N) is 1. The Balaban J connectivity index is 2.23. The van der Waals surface area contributed by atoms with E-state index in [2.05, 4.69) is 30.6 Å². The van der Waals surface area contributed by atoms with Crippen LogP contribution < -0.4 is 10.1 Å². The number of nitrogens with zero attached hydrogens (tertiary/aromatic N) is 2. The number of anilines is 1. The number of methoxy groups -OCH3 is 1. The molecule has 0 saturated carbocycles. The average molecular weight is 327 g/mol. The molecule has 4 nitrogen and oxygen atoms in total. The summed E-state index contributed by atoms with van der Waals surface area (Å²) in [6.45, 7) is 6.35. The molecule has 0 aliphatic carbocycles. The van der Waals surface area contributed by atoms with E-state index in [0.29, 0.717) is 5.92 Å². The zero-order valence-electron chi connectivity index (χ0n) is 14.1. The Bertz CT molecular complexity index is 855. The van der Waals surface area contributed by atoms with Crippen LogP contribution in [0.5, 0.6) is 5.75 Å². The topological polar surface area (TPSA) is 47.0 Å². The number of aromatic nitrogens is 2. The second-order valence-electron chi connectivity index (χ2n) is 5.83. The predicted molar refractivity (Wildman–Crippen MR) is 97.8 cm³/mol. The lowest BCUT2D eigenvalue weighted by Gasteiger charge is -2.12. The molecule has 1 aromatic carbocycles. The molecular formula is C18H21N3OS. The summed E-state index contributed by atoms with van der Waals surface area (Å²) in [7, 11) is 3.62. The molecule has 0 spiro atoms. The number of thiazole rings is 1. The number of rotatable bonds is 4. The van der Waals surface area contributed by atoms with Crippen molar-refractivity contribution >= 4 is 27.9 Å². The van der Waals surface area contributed by atoms with E-state index in [1.165, 1.54) is 0 Å². The molecule has 3 aromatic rings. The highest BCUT2D eigenvalue weighted by molar-refractivity contribution is 7.13. The first-order valence-electron chi connectivity index (χ1n) is 7.67. The lowest BCUT2D eigenvalue weighted by molar-refractivity contribution is 0.412. The molecule has 0 fully saturated rings. The summed E-state index contributed by atoms with van der Waals surface area (Å²) in [6, 6.07) is 6.10. The molecule has 23 heavy (non-hydrogen) atoms. The van der Waals surface area contributed by atoms with E-state index in [1.807, 2.05) is 26.1 Å². The molecule has 3 rings (SSSR count). The summed E-state index contributed by atoms with van der Waals surface area (Å²) in [5.41, 5.74) is 5.06. The quantitative estimate of drug-likeness (QED) is 0.745. The molecule has 120 valence electrons. The van der Waals surface area contributed by atoms with Crippen molar-refractivity contribution in [2.24, 2.45) is 0 Å². The summed E-state index contributed by atoms with van der Waals surface area (Å²) in [5.74, 6) is 1.28. The minimum Gasteiger partial charge on any atom is -0.496 e. The zero-order chi connectivity index (χ0) is 16.6. The van der Waals surface area contributed by atoms with Gasteiger partial charge in [0.05, 0.1) is 18.3 Å².